The van der Waals surface area contributed by atoms with Gasteiger partial charge in [0.1, 0.15) is 10.6 Å². The summed E-state index contributed by atoms with van der Waals surface area (Å²) in [4.78, 5) is 30.8. The first-order valence-electron chi connectivity index (χ1n) is 10.3. The third kappa shape index (κ3) is 4.21. The minimum absolute atomic E-state index is 0.0138. The largest absolute Gasteiger partial charge is 0.347 e. The molecule has 0 radical (unpaired) electrons. The zero-order chi connectivity index (χ0) is 23.9. The number of amides is 2. The van der Waals surface area contributed by atoms with E-state index in [4.69, 9.17) is 11.6 Å². The Morgan fingerprint density at radius 2 is 1.97 bits per heavy atom. The molecule has 4 rings (SSSR count). The van der Waals surface area contributed by atoms with E-state index in [1.165, 1.54) is 15.5 Å². The number of pyridine rings is 1. The second-order valence-corrected chi connectivity index (χ2v) is 10.3. The highest BCUT2D eigenvalue weighted by atomic mass is 35.5. The molecule has 2 aromatic heterocycles. The van der Waals surface area contributed by atoms with Crippen LogP contribution in [0.25, 0.3) is 10.9 Å². The van der Waals surface area contributed by atoms with E-state index >= 15 is 0 Å². The van der Waals surface area contributed by atoms with Crippen molar-refractivity contribution in [3.63, 3.8) is 0 Å². The van der Waals surface area contributed by atoms with Crippen LogP contribution in [0.3, 0.4) is 0 Å². The number of hydrogen-bond donors (Lipinski definition) is 1. The van der Waals surface area contributed by atoms with Crippen LogP contribution in [0.4, 0.5) is 0 Å². The maximum Gasteiger partial charge on any atom is 0.268 e. The van der Waals surface area contributed by atoms with Gasteiger partial charge in [0.25, 0.3) is 5.91 Å². The van der Waals surface area contributed by atoms with Crippen LogP contribution in [0.2, 0.25) is 5.02 Å². The smallest absolute Gasteiger partial charge is 0.268 e. The first-order valence-corrected chi connectivity index (χ1v) is 12.1. The molecule has 0 atom stereocenters. The van der Waals surface area contributed by atoms with Crippen molar-refractivity contribution in [1.82, 2.24) is 24.1 Å². The van der Waals surface area contributed by atoms with Gasteiger partial charge in [-0.2, -0.15) is 4.31 Å². The van der Waals surface area contributed by atoms with E-state index in [1.807, 2.05) is 12.1 Å². The molecule has 3 heterocycles. The van der Waals surface area contributed by atoms with E-state index in [1.54, 1.807) is 39.3 Å². The van der Waals surface area contributed by atoms with Gasteiger partial charge in [0.05, 0.1) is 12.1 Å². The summed E-state index contributed by atoms with van der Waals surface area (Å²) in [6, 6.07) is 8.57. The number of carbonyl (C=O) groups is 2. The van der Waals surface area contributed by atoms with Gasteiger partial charge >= 0.3 is 0 Å². The van der Waals surface area contributed by atoms with Crippen LogP contribution in [0, 0.1) is 6.92 Å². The molecule has 1 aromatic carbocycles. The lowest BCUT2D eigenvalue weighted by Crippen LogP contribution is -2.50. The van der Waals surface area contributed by atoms with E-state index in [9.17, 15) is 18.0 Å². The summed E-state index contributed by atoms with van der Waals surface area (Å²) in [6.07, 6.45) is 1.68. The first-order chi connectivity index (χ1) is 15.6. The zero-order valence-electron chi connectivity index (χ0n) is 18.5. The average molecular weight is 490 g/mol. The minimum atomic E-state index is -3.93. The molecule has 0 bridgehead atoms. The summed E-state index contributed by atoms with van der Waals surface area (Å²) in [5.41, 5.74) is 2.10. The number of piperazine rings is 1. The lowest BCUT2D eigenvalue weighted by molar-refractivity contribution is -0.132. The summed E-state index contributed by atoms with van der Waals surface area (Å²) in [7, 11) is -0.659. The molecule has 0 unspecified atom stereocenters. The van der Waals surface area contributed by atoms with E-state index in [-0.39, 0.29) is 36.1 Å². The van der Waals surface area contributed by atoms with Crippen LogP contribution in [0.15, 0.2) is 41.4 Å². The maximum atomic E-state index is 13.2. The normalized spacial score (nSPS) is 15.3. The lowest BCUT2D eigenvalue weighted by atomic mass is 10.1. The quantitative estimate of drug-likeness (QED) is 0.589. The van der Waals surface area contributed by atoms with Crippen LogP contribution in [0.5, 0.6) is 0 Å². The molecule has 174 valence electrons. The van der Waals surface area contributed by atoms with Gasteiger partial charge in [-0.15, -0.1) is 0 Å². The summed E-state index contributed by atoms with van der Waals surface area (Å²) in [5, 5.41) is 4.16. The van der Waals surface area contributed by atoms with Gasteiger partial charge < -0.3 is 14.8 Å². The second kappa shape index (κ2) is 8.77. The number of hydrogen-bond acceptors (Lipinski definition) is 5. The highest BCUT2D eigenvalue weighted by molar-refractivity contribution is 7.89. The van der Waals surface area contributed by atoms with Crippen LogP contribution < -0.4 is 5.32 Å². The molecule has 1 N–H and O–H groups in total. The fourth-order valence-electron chi connectivity index (χ4n) is 3.86. The van der Waals surface area contributed by atoms with Crippen LogP contribution in [-0.2, 0) is 28.4 Å². The molecule has 11 heteroatoms. The Hall–Kier alpha value is -2.95. The van der Waals surface area contributed by atoms with Gasteiger partial charge in [-0.05, 0) is 36.8 Å². The summed E-state index contributed by atoms with van der Waals surface area (Å²) >= 11 is 6.36. The van der Waals surface area contributed by atoms with E-state index in [0.717, 1.165) is 20.8 Å². The molecular weight excluding hydrogens is 466 g/mol. The summed E-state index contributed by atoms with van der Waals surface area (Å²) in [6.45, 7) is 2.09. The molecule has 1 aliphatic heterocycles. The van der Waals surface area contributed by atoms with Crippen molar-refractivity contribution in [3.8, 4) is 0 Å². The third-order valence-corrected chi connectivity index (χ3v) is 8.34. The molecule has 9 nitrogen and oxygen atoms in total. The Morgan fingerprint density at radius 3 is 2.70 bits per heavy atom. The molecule has 2 amide bonds. The number of nitrogens with one attached hydrogen (secondary N) is 1. The minimum Gasteiger partial charge on any atom is -0.347 e. The predicted molar refractivity (Wildman–Crippen MR) is 124 cm³/mol. The highest BCUT2D eigenvalue weighted by Crippen LogP contribution is 2.26. The van der Waals surface area contributed by atoms with Gasteiger partial charge in [-0.1, -0.05) is 17.7 Å². The van der Waals surface area contributed by atoms with Gasteiger partial charge in [0.2, 0.25) is 15.9 Å². The lowest BCUT2D eigenvalue weighted by Gasteiger charge is -2.31. The van der Waals surface area contributed by atoms with Crippen molar-refractivity contribution in [1.29, 1.82) is 0 Å². The number of benzene rings is 1. The van der Waals surface area contributed by atoms with E-state index in [2.05, 4.69) is 10.3 Å². The van der Waals surface area contributed by atoms with Gasteiger partial charge in [-0.25, -0.2) is 8.42 Å². The Kier molecular flexibility index (Phi) is 6.17. The van der Waals surface area contributed by atoms with E-state index in [0.29, 0.717) is 17.3 Å². The monoisotopic (exact) mass is 489 g/mol. The molecule has 0 saturated carbocycles. The van der Waals surface area contributed by atoms with Crippen LogP contribution in [0.1, 0.15) is 21.7 Å². The summed E-state index contributed by atoms with van der Waals surface area (Å²) < 4.78 is 29.1. The second-order valence-electron chi connectivity index (χ2n) is 7.97. The van der Waals surface area contributed by atoms with Crippen molar-refractivity contribution in [2.24, 2.45) is 7.05 Å². The molecule has 1 fully saturated rings. The van der Waals surface area contributed by atoms with Crippen molar-refractivity contribution in [3.05, 3.63) is 58.5 Å². The fraction of sp³-hybridized carbons (Fsp3) is 0.318. The number of rotatable bonds is 5. The number of halogens is 1. The Morgan fingerprint density at radius 1 is 1.21 bits per heavy atom. The number of fused-ring (bicyclic) bond motifs is 1. The Balaban J connectivity index is 1.59. The third-order valence-electron chi connectivity index (χ3n) is 6.03. The summed E-state index contributed by atoms with van der Waals surface area (Å²) in [5.74, 6) is -0.703. The topological polar surface area (TPSA) is 105 Å². The van der Waals surface area contributed by atoms with Crippen molar-refractivity contribution >= 4 is 44.3 Å². The standard InChI is InChI=1S/C22H24ClN5O4S/c1-14-20(33(31,32)28-10-9-26(2)21(29)13-28)11-19(27(14)3)22(30)25-12-16-15-5-4-8-24-18(15)7-6-17(16)23/h4-8,11H,9-10,12-13H2,1-3H3,(H,25,30). The fourth-order valence-corrected chi connectivity index (χ4v) is 5.74. The Labute approximate surface area is 197 Å². The molecule has 3 aromatic rings. The number of carbonyl (C=O) groups excluding carboxylic acids is 2. The van der Waals surface area contributed by atoms with Gasteiger partial charge in [-0.3, -0.25) is 14.6 Å². The zero-order valence-corrected chi connectivity index (χ0v) is 20.1. The molecule has 0 aliphatic carbocycles. The Bertz CT molecular complexity index is 1370. The van der Waals surface area contributed by atoms with Crippen molar-refractivity contribution in [2.75, 3.05) is 26.7 Å². The average Bonchev–Trinajstić information content (AvgIpc) is 3.10. The number of aromatic nitrogens is 2. The van der Waals surface area contributed by atoms with Crippen molar-refractivity contribution in [2.45, 2.75) is 18.4 Å². The number of sulfonamides is 1. The maximum absolute atomic E-state index is 13.2. The first kappa shape index (κ1) is 23.2. The molecular formula is C22H24ClN5O4S. The van der Waals surface area contributed by atoms with Gasteiger partial charge in [0, 0.05) is 56.0 Å². The molecule has 33 heavy (non-hydrogen) atoms. The molecule has 1 aliphatic rings. The number of likely N-dealkylation sites (N-methyl/N-ethyl adjacent to an activating group) is 1. The molecule has 0 spiro atoms. The van der Waals surface area contributed by atoms with E-state index < -0.39 is 15.9 Å². The predicted octanol–water partition coefficient (Wildman–Crippen LogP) is 1.93. The SMILES string of the molecule is Cc1c(S(=O)(=O)N2CCN(C)C(=O)C2)cc(C(=O)NCc2c(Cl)ccc3ncccc23)n1C. The van der Waals surface area contributed by atoms with Crippen LogP contribution >= 0.6 is 11.6 Å². The molecule has 1 saturated heterocycles. The van der Waals surface area contributed by atoms with Crippen LogP contribution in [-0.4, -0.2) is 65.7 Å². The van der Waals surface area contributed by atoms with Crippen molar-refractivity contribution < 1.29 is 18.0 Å². The highest BCUT2D eigenvalue weighted by Gasteiger charge is 2.34. The van der Waals surface area contributed by atoms with Gasteiger partial charge in [0.15, 0.2) is 0 Å². The number of nitrogens with zero attached hydrogens (tertiary/aromatic N) is 4.